The Morgan fingerprint density at radius 2 is 1.85 bits per heavy atom. The molecule has 0 atom stereocenters. The molecule has 0 spiro atoms. The number of nitrogens with zero attached hydrogens (tertiary/aromatic N) is 3. The van der Waals surface area contributed by atoms with Crippen LogP contribution in [-0.4, -0.2) is 66.2 Å². The molecule has 0 saturated heterocycles. The molecule has 7 heteroatoms. The Balaban J connectivity index is 1.23. The van der Waals surface area contributed by atoms with Crippen LogP contribution in [0.15, 0.2) is 66.9 Å². The number of pyridine rings is 1. The maximum Gasteiger partial charge on any atom is 0.138 e. The van der Waals surface area contributed by atoms with Crippen LogP contribution in [0.5, 0.6) is 11.5 Å². The molecule has 3 heterocycles. The number of hydrogen-bond donors (Lipinski definition) is 1. The van der Waals surface area contributed by atoms with Gasteiger partial charge < -0.3 is 19.4 Å². The van der Waals surface area contributed by atoms with Crippen LogP contribution < -0.4 is 9.47 Å². The smallest absolute Gasteiger partial charge is 0.138 e. The summed E-state index contributed by atoms with van der Waals surface area (Å²) in [7, 11) is 1.60. The van der Waals surface area contributed by atoms with Crippen molar-refractivity contribution in [3.63, 3.8) is 0 Å². The van der Waals surface area contributed by atoms with Crippen LogP contribution >= 0.6 is 0 Å². The maximum absolute atomic E-state index is 14.1. The van der Waals surface area contributed by atoms with Gasteiger partial charge in [-0.25, -0.2) is 9.37 Å². The van der Waals surface area contributed by atoms with Crippen LogP contribution in [0.1, 0.15) is 31.5 Å². The second-order valence-corrected chi connectivity index (χ2v) is 9.88. The van der Waals surface area contributed by atoms with E-state index in [1.54, 1.807) is 19.4 Å². The maximum atomic E-state index is 14.1. The Labute approximate surface area is 230 Å². The quantitative estimate of drug-likeness (QED) is 0.245. The molecule has 4 aromatic rings. The zero-order valence-electron chi connectivity index (χ0n) is 23.0. The molecule has 0 fully saturated rings. The van der Waals surface area contributed by atoms with Crippen LogP contribution in [0.2, 0.25) is 0 Å². The number of likely N-dealkylation sites (N-methyl/N-ethyl adjacent to an activating group) is 1. The number of H-pyrrole nitrogens is 1. The molecule has 0 radical (unpaired) electrons. The first kappa shape index (κ1) is 26.9. The summed E-state index contributed by atoms with van der Waals surface area (Å²) >= 11 is 0. The zero-order valence-corrected chi connectivity index (χ0v) is 23.0. The SMILES string of the molecule is CCN(CC)CCOc1ccc(CN2CC=C(c3cc4c(-c5cc(F)ccc5OC)ccnc4[nH]3)CC2)cc1. The van der Waals surface area contributed by atoms with Crippen molar-refractivity contribution in [1.29, 1.82) is 0 Å². The molecule has 39 heavy (non-hydrogen) atoms. The van der Waals surface area contributed by atoms with Crippen LogP contribution in [0.25, 0.3) is 27.7 Å². The third-order valence-corrected chi connectivity index (χ3v) is 7.52. The van der Waals surface area contributed by atoms with E-state index in [2.05, 4.69) is 70.0 Å². The van der Waals surface area contributed by atoms with Crippen molar-refractivity contribution in [2.45, 2.75) is 26.8 Å². The molecule has 0 bridgehead atoms. The zero-order chi connectivity index (χ0) is 27.2. The highest BCUT2D eigenvalue weighted by Crippen LogP contribution is 2.36. The van der Waals surface area contributed by atoms with Crippen molar-refractivity contribution in [2.24, 2.45) is 0 Å². The number of hydrogen-bond acceptors (Lipinski definition) is 5. The first-order chi connectivity index (χ1) is 19.1. The van der Waals surface area contributed by atoms with Gasteiger partial charge in [0.1, 0.15) is 29.6 Å². The van der Waals surface area contributed by atoms with Gasteiger partial charge >= 0.3 is 0 Å². The summed E-state index contributed by atoms with van der Waals surface area (Å²) in [6.07, 6.45) is 4.99. The lowest BCUT2D eigenvalue weighted by Gasteiger charge is -2.26. The van der Waals surface area contributed by atoms with E-state index < -0.39 is 0 Å². The van der Waals surface area contributed by atoms with Crippen molar-refractivity contribution in [2.75, 3.05) is 46.4 Å². The average Bonchev–Trinajstić information content (AvgIpc) is 3.41. The third-order valence-electron chi connectivity index (χ3n) is 7.52. The summed E-state index contributed by atoms with van der Waals surface area (Å²) in [5.74, 6) is 1.27. The third kappa shape index (κ3) is 6.32. The van der Waals surface area contributed by atoms with E-state index in [0.29, 0.717) is 12.4 Å². The van der Waals surface area contributed by atoms with Crippen LogP contribution in [0.3, 0.4) is 0 Å². The number of benzene rings is 2. The minimum atomic E-state index is -0.293. The normalized spacial score (nSPS) is 14.1. The Morgan fingerprint density at radius 3 is 2.56 bits per heavy atom. The topological polar surface area (TPSA) is 53.6 Å². The second kappa shape index (κ2) is 12.5. The van der Waals surface area contributed by atoms with E-state index in [4.69, 9.17) is 9.47 Å². The fourth-order valence-corrected chi connectivity index (χ4v) is 5.21. The summed E-state index contributed by atoms with van der Waals surface area (Å²) < 4.78 is 25.5. The summed E-state index contributed by atoms with van der Waals surface area (Å²) in [5.41, 5.74) is 6.03. The number of aromatic nitrogens is 2. The Kier molecular flexibility index (Phi) is 8.59. The van der Waals surface area contributed by atoms with Gasteiger partial charge in [-0.05, 0) is 78.7 Å². The lowest BCUT2D eigenvalue weighted by molar-refractivity contribution is 0.222. The molecule has 0 saturated carbocycles. The standard InChI is InChI=1S/C32H37FN4O2/c1-4-36(5-2)18-19-39-26-9-6-23(7-10-26)22-37-16-13-24(14-17-37)30-21-29-27(12-15-34-32(29)35-30)28-20-25(33)8-11-31(28)38-3/h6-13,15,20-21H,4-5,14,16-19,22H2,1-3H3,(H,34,35). The number of methoxy groups -OCH3 is 1. The average molecular weight is 529 g/mol. The number of halogens is 1. The molecule has 1 aliphatic heterocycles. The molecule has 1 N–H and O–H groups in total. The fraction of sp³-hybridized carbons (Fsp3) is 0.344. The van der Waals surface area contributed by atoms with Crippen molar-refractivity contribution < 1.29 is 13.9 Å². The number of aromatic amines is 1. The molecular weight excluding hydrogens is 491 g/mol. The molecule has 6 nitrogen and oxygen atoms in total. The predicted octanol–water partition coefficient (Wildman–Crippen LogP) is 6.39. The Morgan fingerprint density at radius 1 is 1.03 bits per heavy atom. The van der Waals surface area contributed by atoms with E-state index in [1.165, 1.54) is 23.3 Å². The molecule has 2 aromatic heterocycles. The van der Waals surface area contributed by atoms with E-state index in [-0.39, 0.29) is 5.82 Å². The van der Waals surface area contributed by atoms with Gasteiger partial charge in [0.2, 0.25) is 0 Å². The van der Waals surface area contributed by atoms with Gasteiger partial charge in [-0.1, -0.05) is 32.1 Å². The van der Waals surface area contributed by atoms with Crippen molar-refractivity contribution in [3.05, 3.63) is 83.9 Å². The molecular formula is C32H37FN4O2. The molecule has 0 unspecified atom stereocenters. The van der Waals surface area contributed by atoms with Gasteiger partial charge in [-0.15, -0.1) is 0 Å². The molecule has 1 aliphatic rings. The molecule has 2 aromatic carbocycles. The monoisotopic (exact) mass is 528 g/mol. The minimum absolute atomic E-state index is 0.293. The van der Waals surface area contributed by atoms with Crippen molar-refractivity contribution in [3.8, 4) is 22.6 Å². The summed E-state index contributed by atoms with van der Waals surface area (Å²) in [5, 5.41) is 0.958. The Bertz CT molecular complexity index is 1430. The van der Waals surface area contributed by atoms with Crippen LogP contribution in [0, 0.1) is 5.82 Å². The summed E-state index contributed by atoms with van der Waals surface area (Å²) in [6.45, 7) is 10.9. The van der Waals surface area contributed by atoms with Gasteiger partial charge in [0.15, 0.2) is 0 Å². The van der Waals surface area contributed by atoms with Gasteiger partial charge in [0, 0.05) is 49.0 Å². The molecule has 0 amide bonds. The number of fused-ring (bicyclic) bond motifs is 1. The first-order valence-electron chi connectivity index (χ1n) is 13.8. The number of ether oxygens (including phenoxy) is 2. The largest absolute Gasteiger partial charge is 0.496 e. The van der Waals surface area contributed by atoms with E-state index in [1.807, 2.05) is 6.07 Å². The highest BCUT2D eigenvalue weighted by atomic mass is 19.1. The summed E-state index contributed by atoms with van der Waals surface area (Å²) in [4.78, 5) is 12.8. The van der Waals surface area contributed by atoms with Crippen LogP contribution in [0.4, 0.5) is 4.39 Å². The number of nitrogens with one attached hydrogen (secondary N) is 1. The fourth-order valence-electron chi connectivity index (χ4n) is 5.21. The lowest BCUT2D eigenvalue weighted by atomic mass is 10.0. The van der Waals surface area contributed by atoms with E-state index in [0.717, 1.165) is 79.3 Å². The Hall–Kier alpha value is -3.68. The van der Waals surface area contributed by atoms with Crippen LogP contribution in [-0.2, 0) is 6.54 Å². The van der Waals surface area contributed by atoms with E-state index in [9.17, 15) is 4.39 Å². The highest BCUT2D eigenvalue weighted by molar-refractivity contribution is 5.96. The second-order valence-electron chi connectivity index (χ2n) is 9.88. The van der Waals surface area contributed by atoms with Gasteiger partial charge in [0.05, 0.1) is 7.11 Å². The highest BCUT2D eigenvalue weighted by Gasteiger charge is 2.18. The van der Waals surface area contributed by atoms with E-state index >= 15 is 0 Å². The summed E-state index contributed by atoms with van der Waals surface area (Å²) in [6, 6.07) is 17.1. The van der Waals surface area contributed by atoms with Gasteiger partial charge in [0.25, 0.3) is 0 Å². The number of rotatable bonds is 11. The van der Waals surface area contributed by atoms with Crippen molar-refractivity contribution in [1.82, 2.24) is 19.8 Å². The minimum Gasteiger partial charge on any atom is -0.496 e. The molecule has 0 aliphatic carbocycles. The first-order valence-corrected chi connectivity index (χ1v) is 13.8. The van der Waals surface area contributed by atoms with Gasteiger partial charge in [-0.2, -0.15) is 0 Å². The van der Waals surface area contributed by atoms with Gasteiger partial charge in [-0.3, -0.25) is 4.90 Å². The van der Waals surface area contributed by atoms with Crippen molar-refractivity contribution >= 4 is 16.6 Å². The molecule has 5 rings (SSSR count). The lowest BCUT2D eigenvalue weighted by Crippen LogP contribution is -2.28. The molecule has 204 valence electrons. The predicted molar refractivity (Wildman–Crippen MR) is 156 cm³/mol.